The van der Waals surface area contributed by atoms with Gasteiger partial charge in [0.15, 0.2) is 11.5 Å². The van der Waals surface area contributed by atoms with Crippen molar-refractivity contribution in [3.05, 3.63) is 27.8 Å². The van der Waals surface area contributed by atoms with Crippen molar-refractivity contribution in [2.45, 2.75) is 19.8 Å². The fraction of sp³-hybridized carbons (Fsp3) is 0.562. The first-order valence-corrected chi connectivity index (χ1v) is 8.11. The molecular weight excluding hydrogens is 385 g/mol. The summed E-state index contributed by atoms with van der Waals surface area (Å²) in [6.45, 7) is 7.41. The summed E-state index contributed by atoms with van der Waals surface area (Å²) in [4.78, 5) is 27.1. The second-order valence-corrected chi connectivity index (χ2v) is 5.94. The molecule has 2 N–H and O–H groups in total. The van der Waals surface area contributed by atoms with E-state index in [-0.39, 0.29) is 36.8 Å². The second-order valence-electron chi connectivity index (χ2n) is 5.94. The van der Waals surface area contributed by atoms with Gasteiger partial charge in [0.2, 0.25) is 5.75 Å². The average molecular weight is 410 g/mol. The van der Waals surface area contributed by atoms with Crippen molar-refractivity contribution in [3.63, 3.8) is 0 Å². The van der Waals surface area contributed by atoms with Crippen molar-refractivity contribution in [3.8, 4) is 11.5 Å². The van der Waals surface area contributed by atoms with Crippen LogP contribution in [0.1, 0.15) is 30.1 Å². The summed E-state index contributed by atoms with van der Waals surface area (Å²) in [6.07, 6.45) is 1.26. The summed E-state index contributed by atoms with van der Waals surface area (Å²) < 4.78 is 0. The van der Waals surface area contributed by atoms with Gasteiger partial charge in [-0.1, -0.05) is 6.92 Å². The lowest BCUT2D eigenvalue weighted by atomic mass is 10.0. The number of aromatic hydroxyl groups is 2. The van der Waals surface area contributed by atoms with Crippen LogP contribution in [0.15, 0.2) is 12.1 Å². The first kappa shape index (κ1) is 24.4. The molecule has 0 unspecified atom stereocenters. The van der Waals surface area contributed by atoms with Crippen LogP contribution < -0.4 is 0 Å². The van der Waals surface area contributed by atoms with Gasteiger partial charge in [0, 0.05) is 39.1 Å². The van der Waals surface area contributed by atoms with Crippen molar-refractivity contribution in [2.75, 3.05) is 39.3 Å². The Morgan fingerprint density at radius 2 is 1.65 bits per heavy atom. The molecule has 26 heavy (non-hydrogen) atoms. The summed E-state index contributed by atoms with van der Waals surface area (Å²) >= 11 is 0. The van der Waals surface area contributed by atoms with Crippen LogP contribution in [0.5, 0.6) is 11.5 Å². The zero-order valence-corrected chi connectivity index (χ0v) is 16.2. The van der Waals surface area contributed by atoms with Crippen LogP contribution in [0.4, 0.5) is 5.69 Å². The van der Waals surface area contributed by atoms with E-state index in [1.54, 1.807) is 0 Å². The normalized spacial score (nSPS) is 15.0. The lowest BCUT2D eigenvalue weighted by Gasteiger charge is -2.34. The van der Waals surface area contributed by atoms with Gasteiger partial charge in [0.25, 0.3) is 0 Å². The maximum atomic E-state index is 12.3. The summed E-state index contributed by atoms with van der Waals surface area (Å²) in [6, 6.07) is 2.29. The SMILES string of the molecule is CCCN1CCN(CCC(=O)c2ccc(O)c(O)c2[N+](=O)[O-])CC1.Cl.Cl. The lowest BCUT2D eigenvalue weighted by molar-refractivity contribution is -0.386. The van der Waals surface area contributed by atoms with Crippen LogP contribution in [0.2, 0.25) is 0 Å². The Morgan fingerprint density at radius 1 is 1.12 bits per heavy atom. The van der Waals surface area contributed by atoms with Crippen molar-refractivity contribution in [1.82, 2.24) is 9.80 Å². The number of phenolic OH excluding ortho intramolecular Hbond substituents is 2. The van der Waals surface area contributed by atoms with E-state index >= 15 is 0 Å². The number of carbonyl (C=O) groups is 1. The summed E-state index contributed by atoms with van der Waals surface area (Å²) in [5.41, 5.74) is -0.896. The number of phenols is 2. The Balaban J connectivity index is 0.00000312. The number of halogens is 2. The number of nitro groups is 1. The highest BCUT2D eigenvalue weighted by molar-refractivity contribution is 6.01. The van der Waals surface area contributed by atoms with E-state index in [4.69, 9.17) is 0 Å². The van der Waals surface area contributed by atoms with E-state index in [1.807, 2.05) is 0 Å². The molecule has 1 aromatic carbocycles. The molecule has 1 saturated heterocycles. The minimum atomic E-state index is -0.862. The van der Waals surface area contributed by atoms with Gasteiger partial charge in [-0.05, 0) is 25.1 Å². The van der Waals surface area contributed by atoms with E-state index in [2.05, 4.69) is 16.7 Å². The fourth-order valence-corrected chi connectivity index (χ4v) is 2.93. The highest BCUT2D eigenvalue weighted by Crippen LogP contribution is 2.38. The van der Waals surface area contributed by atoms with Crippen LogP contribution in [-0.2, 0) is 0 Å². The fourth-order valence-electron chi connectivity index (χ4n) is 2.93. The molecule has 1 aliphatic rings. The number of carbonyl (C=O) groups excluding carboxylic acids is 1. The van der Waals surface area contributed by atoms with Crippen molar-refractivity contribution >= 4 is 36.3 Å². The number of nitrogens with zero attached hydrogens (tertiary/aromatic N) is 3. The number of Topliss-reactive ketones (excluding diaryl/α,β-unsaturated/α-hetero) is 1. The van der Waals surface area contributed by atoms with Gasteiger partial charge in [-0.25, -0.2) is 0 Å². The minimum Gasteiger partial charge on any atom is -0.504 e. The molecule has 0 radical (unpaired) electrons. The molecule has 0 amide bonds. The lowest BCUT2D eigenvalue weighted by Crippen LogP contribution is -2.46. The third-order valence-electron chi connectivity index (χ3n) is 4.27. The third-order valence-corrected chi connectivity index (χ3v) is 4.27. The monoisotopic (exact) mass is 409 g/mol. The number of hydrogen-bond donors (Lipinski definition) is 2. The van der Waals surface area contributed by atoms with E-state index in [1.165, 1.54) is 6.07 Å². The molecule has 2 rings (SSSR count). The first-order valence-electron chi connectivity index (χ1n) is 8.11. The number of ketones is 1. The van der Waals surface area contributed by atoms with Gasteiger partial charge in [0.05, 0.1) is 10.5 Å². The Labute approximate surface area is 164 Å². The highest BCUT2D eigenvalue weighted by Gasteiger charge is 2.27. The Morgan fingerprint density at radius 3 is 2.15 bits per heavy atom. The van der Waals surface area contributed by atoms with E-state index < -0.39 is 27.9 Å². The molecule has 0 bridgehead atoms. The van der Waals surface area contributed by atoms with Crippen LogP contribution >= 0.6 is 24.8 Å². The predicted octanol–water partition coefficient (Wildman–Crippen LogP) is 2.45. The zero-order chi connectivity index (χ0) is 17.7. The number of nitro benzene ring substituents is 1. The molecule has 1 aliphatic heterocycles. The molecule has 148 valence electrons. The van der Waals surface area contributed by atoms with Gasteiger partial charge in [-0.3, -0.25) is 14.9 Å². The largest absolute Gasteiger partial charge is 0.504 e. The summed E-state index contributed by atoms with van der Waals surface area (Å²) in [5.74, 6) is -1.88. The number of hydrogen-bond acceptors (Lipinski definition) is 7. The first-order chi connectivity index (χ1) is 11.4. The number of rotatable bonds is 7. The molecule has 10 heteroatoms. The molecule has 0 atom stereocenters. The Hall–Kier alpha value is -1.61. The van der Waals surface area contributed by atoms with Gasteiger partial charge in [-0.15, -0.1) is 24.8 Å². The van der Waals surface area contributed by atoms with Gasteiger partial charge in [0.1, 0.15) is 0 Å². The zero-order valence-electron chi connectivity index (χ0n) is 14.6. The van der Waals surface area contributed by atoms with Crippen molar-refractivity contribution < 1.29 is 19.9 Å². The van der Waals surface area contributed by atoms with Crippen molar-refractivity contribution in [2.24, 2.45) is 0 Å². The maximum Gasteiger partial charge on any atom is 0.325 e. The number of benzene rings is 1. The molecule has 0 saturated carbocycles. The molecular formula is C16H25Cl2N3O5. The van der Waals surface area contributed by atoms with Crippen LogP contribution in [0.3, 0.4) is 0 Å². The van der Waals surface area contributed by atoms with E-state index in [0.717, 1.165) is 45.2 Å². The average Bonchev–Trinajstić information content (AvgIpc) is 2.56. The Bertz CT molecular complexity index is 622. The van der Waals surface area contributed by atoms with Gasteiger partial charge < -0.3 is 20.0 Å². The third kappa shape index (κ3) is 5.98. The maximum absolute atomic E-state index is 12.3. The van der Waals surface area contributed by atoms with Gasteiger partial charge in [-0.2, -0.15) is 0 Å². The molecule has 8 nitrogen and oxygen atoms in total. The standard InChI is InChI=1S/C16H23N3O5.2ClH/c1-2-6-17-8-10-18(11-9-17)7-5-13(20)12-3-4-14(21)16(22)15(12)19(23)24;;/h3-4,21-22H,2,5-11H2,1H3;2*1H. The molecule has 1 fully saturated rings. The minimum absolute atomic E-state index is 0. The second kappa shape index (κ2) is 11.2. The van der Waals surface area contributed by atoms with Crippen LogP contribution in [0.25, 0.3) is 0 Å². The quantitative estimate of drug-likeness (QED) is 0.308. The van der Waals surface area contributed by atoms with Crippen molar-refractivity contribution in [1.29, 1.82) is 0 Å². The van der Waals surface area contributed by atoms with Gasteiger partial charge >= 0.3 is 5.69 Å². The Kier molecular flexibility index (Phi) is 10.5. The van der Waals surface area contributed by atoms with E-state index in [9.17, 15) is 25.1 Å². The van der Waals surface area contributed by atoms with Crippen LogP contribution in [-0.4, -0.2) is 70.0 Å². The molecule has 0 aliphatic carbocycles. The summed E-state index contributed by atoms with van der Waals surface area (Å²) in [5, 5.41) is 30.1. The highest BCUT2D eigenvalue weighted by atomic mass is 35.5. The molecule has 0 spiro atoms. The molecule has 0 aromatic heterocycles. The summed E-state index contributed by atoms with van der Waals surface area (Å²) in [7, 11) is 0. The smallest absolute Gasteiger partial charge is 0.325 e. The molecule has 1 heterocycles. The topological polar surface area (TPSA) is 107 Å². The molecule has 1 aromatic rings. The predicted molar refractivity (Wildman–Crippen MR) is 103 cm³/mol. The number of piperazine rings is 1. The van der Waals surface area contributed by atoms with E-state index in [0.29, 0.717) is 6.54 Å². The van der Waals surface area contributed by atoms with Crippen LogP contribution in [0, 0.1) is 10.1 Å².